The lowest BCUT2D eigenvalue weighted by atomic mass is 9.95. The van der Waals surface area contributed by atoms with Gasteiger partial charge in [0.15, 0.2) is 5.82 Å². The fourth-order valence-electron chi connectivity index (χ4n) is 2.76. The average molecular weight is 331 g/mol. The van der Waals surface area contributed by atoms with Gasteiger partial charge in [-0.05, 0) is 37.1 Å². The van der Waals surface area contributed by atoms with E-state index in [0.717, 1.165) is 5.82 Å². The lowest BCUT2D eigenvalue weighted by Crippen LogP contribution is -2.23. The standard InChI is InChI=1S/C17H19ClN4O/c18-14-9-5-4-8-13(14)17(23)20-16-11-10-15(21-22-16)19-12-6-2-1-3-7-12/h4-5,8-12H,1-3,6-7H2,(H,19,21)(H,20,22,23). The summed E-state index contributed by atoms with van der Waals surface area (Å²) in [6, 6.07) is 11.0. The zero-order valence-corrected chi connectivity index (χ0v) is 13.5. The van der Waals surface area contributed by atoms with E-state index < -0.39 is 0 Å². The van der Waals surface area contributed by atoms with Crippen molar-refractivity contribution in [2.45, 2.75) is 38.1 Å². The molecule has 23 heavy (non-hydrogen) atoms. The first kappa shape index (κ1) is 15.7. The molecule has 6 heteroatoms. The van der Waals surface area contributed by atoms with Gasteiger partial charge in [-0.15, -0.1) is 10.2 Å². The molecule has 120 valence electrons. The van der Waals surface area contributed by atoms with Crippen molar-refractivity contribution in [2.24, 2.45) is 0 Å². The molecule has 2 aromatic rings. The van der Waals surface area contributed by atoms with Gasteiger partial charge in [0, 0.05) is 6.04 Å². The number of carbonyl (C=O) groups is 1. The first-order valence-electron chi connectivity index (χ1n) is 7.88. The van der Waals surface area contributed by atoms with Gasteiger partial charge in [0.1, 0.15) is 5.82 Å². The zero-order valence-electron chi connectivity index (χ0n) is 12.8. The predicted octanol–water partition coefficient (Wildman–Crippen LogP) is 4.13. The molecule has 1 aliphatic rings. The molecule has 3 rings (SSSR count). The van der Waals surface area contributed by atoms with E-state index in [-0.39, 0.29) is 5.91 Å². The maximum Gasteiger partial charge on any atom is 0.258 e. The molecule has 1 fully saturated rings. The molecule has 1 aliphatic carbocycles. The number of carbonyl (C=O) groups excluding carboxylic acids is 1. The van der Waals surface area contributed by atoms with Crippen molar-refractivity contribution in [2.75, 3.05) is 10.6 Å². The Hall–Kier alpha value is -2.14. The molecule has 0 radical (unpaired) electrons. The van der Waals surface area contributed by atoms with Crippen LogP contribution < -0.4 is 10.6 Å². The van der Waals surface area contributed by atoms with Gasteiger partial charge in [0.25, 0.3) is 5.91 Å². The van der Waals surface area contributed by atoms with Crippen molar-refractivity contribution in [3.05, 3.63) is 47.0 Å². The number of amides is 1. The van der Waals surface area contributed by atoms with E-state index in [2.05, 4.69) is 20.8 Å². The van der Waals surface area contributed by atoms with Crippen LogP contribution in [0.3, 0.4) is 0 Å². The number of anilines is 2. The van der Waals surface area contributed by atoms with Crippen molar-refractivity contribution in [3.63, 3.8) is 0 Å². The minimum atomic E-state index is -0.294. The van der Waals surface area contributed by atoms with Crippen molar-refractivity contribution >= 4 is 29.1 Å². The van der Waals surface area contributed by atoms with Crippen molar-refractivity contribution < 1.29 is 4.79 Å². The molecule has 1 amide bonds. The number of aromatic nitrogens is 2. The first-order chi connectivity index (χ1) is 11.2. The van der Waals surface area contributed by atoms with Crippen LogP contribution >= 0.6 is 11.6 Å². The maximum atomic E-state index is 12.2. The van der Waals surface area contributed by atoms with Crippen LogP contribution in [0.2, 0.25) is 5.02 Å². The van der Waals surface area contributed by atoms with Crippen LogP contribution in [-0.4, -0.2) is 22.1 Å². The summed E-state index contributed by atoms with van der Waals surface area (Å²) >= 11 is 6.01. The van der Waals surface area contributed by atoms with Gasteiger partial charge in [-0.3, -0.25) is 4.79 Å². The second-order valence-corrected chi connectivity index (χ2v) is 6.12. The number of nitrogens with zero attached hydrogens (tertiary/aromatic N) is 2. The van der Waals surface area contributed by atoms with E-state index in [0.29, 0.717) is 22.4 Å². The van der Waals surface area contributed by atoms with Gasteiger partial charge in [-0.2, -0.15) is 0 Å². The van der Waals surface area contributed by atoms with Gasteiger partial charge in [0.05, 0.1) is 10.6 Å². The van der Waals surface area contributed by atoms with Crippen molar-refractivity contribution in [1.29, 1.82) is 0 Å². The van der Waals surface area contributed by atoms with E-state index in [1.807, 2.05) is 6.07 Å². The first-order valence-corrected chi connectivity index (χ1v) is 8.26. The lowest BCUT2D eigenvalue weighted by molar-refractivity contribution is 0.102. The second-order valence-electron chi connectivity index (χ2n) is 5.72. The molecular formula is C17H19ClN4O. The number of nitrogens with one attached hydrogen (secondary N) is 2. The van der Waals surface area contributed by atoms with Crippen LogP contribution in [0, 0.1) is 0 Å². The summed E-state index contributed by atoms with van der Waals surface area (Å²) in [6.07, 6.45) is 6.18. The van der Waals surface area contributed by atoms with E-state index in [1.165, 1.54) is 32.1 Å². The lowest BCUT2D eigenvalue weighted by Gasteiger charge is -2.22. The Bertz CT molecular complexity index is 669. The fraction of sp³-hybridized carbons (Fsp3) is 0.353. The zero-order chi connectivity index (χ0) is 16.1. The maximum absolute atomic E-state index is 12.2. The number of hydrogen-bond acceptors (Lipinski definition) is 4. The van der Waals surface area contributed by atoms with Gasteiger partial charge in [0.2, 0.25) is 0 Å². The molecule has 0 spiro atoms. The second kappa shape index (κ2) is 7.42. The van der Waals surface area contributed by atoms with Crippen LogP contribution in [0.4, 0.5) is 11.6 Å². The summed E-state index contributed by atoms with van der Waals surface area (Å²) in [4.78, 5) is 12.2. The molecule has 2 N–H and O–H groups in total. The molecule has 0 unspecified atom stereocenters. The third-order valence-electron chi connectivity index (χ3n) is 3.98. The largest absolute Gasteiger partial charge is 0.366 e. The number of halogens is 1. The minimum absolute atomic E-state index is 0.294. The molecule has 0 aliphatic heterocycles. The highest BCUT2D eigenvalue weighted by Gasteiger charge is 2.14. The van der Waals surface area contributed by atoms with Crippen molar-refractivity contribution in [1.82, 2.24) is 10.2 Å². The summed E-state index contributed by atoms with van der Waals surface area (Å²) in [6.45, 7) is 0. The highest BCUT2D eigenvalue weighted by Crippen LogP contribution is 2.21. The predicted molar refractivity (Wildman–Crippen MR) is 91.9 cm³/mol. The average Bonchev–Trinajstić information content (AvgIpc) is 2.58. The van der Waals surface area contributed by atoms with Gasteiger partial charge >= 0.3 is 0 Å². The van der Waals surface area contributed by atoms with Crippen LogP contribution in [0.1, 0.15) is 42.5 Å². The summed E-state index contributed by atoms with van der Waals surface area (Å²) in [5, 5.41) is 14.7. The third kappa shape index (κ3) is 4.20. The molecular weight excluding hydrogens is 312 g/mol. The van der Waals surface area contributed by atoms with Gasteiger partial charge in [-0.1, -0.05) is 43.0 Å². The Morgan fingerprint density at radius 2 is 1.70 bits per heavy atom. The third-order valence-corrected chi connectivity index (χ3v) is 4.31. The quantitative estimate of drug-likeness (QED) is 0.884. The summed E-state index contributed by atoms with van der Waals surface area (Å²) in [7, 11) is 0. The summed E-state index contributed by atoms with van der Waals surface area (Å²) in [5.41, 5.74) is 0.417. The van der Waals surface area contributed by atoms with E-state index >= 15 is 0 Å². The highest BCUT2D eigenvalue weighted by molar-refractivity contribution is 6.34. The smallest absolute Gasteiger partial charge is 0.258 e. The SMILES string of the molecule is O=C(Nc1ccc(NC2CCCCC2)nn1)c1ccccc1Cl. The number of benzene rings is 1. The van der Waals surface area contributed by atoms with Crippen LogP contribution in [0.15, 0.2) is 36.4 Å². The Kier molecular flexibility index (Phi) is 5.08. The monoisotopic (exact) mass is 330 g/mol. The van der Waals surface area contributed by atoms with Crippen LogP contribution in [0.25, 0.3) is 0 Å². The Morgan fingerprint density at radius 3 is 2.39 bits per heavy atom. The fourth-order valence-corrected chi connectivity index (χ4v) is 2.98. The van der Waals surface area contributed by atoms with E-state index in [1.54, 1.807) is 30.3 Å². The summed E-state index contributed by atoms with van der Waals surface area (Å²) < 4.78 is 0. The molecule has 1 aromatic carbocycles. The summed E-state index contributed by atoms with van der Waals surface area (Å²) in [5.74, 6) is 0.856. The molecule has 5 nitrogen and oxygen atoms in total. The van der Waals surface area contributed by atoms with Crippen LogP contribution in [0.5, 0.6) is 0 Å². The molecule has 1 saturated carbocycles. The molecule has 1 aromatic heterocycles. The van der Waals surface area contributed by atoms with E-state index in [9.17, 15) is 4.79 Å². The Labute approximate surface area is 140 Å². The molecule has 1 heterocycles. The number of rotatable bonds is 4. The number of hydrogen-bond donors (Lipinski definition) is 2. The van der Waals surface area contributed by atoms with Crippen LogP contribution in [-0.2, 0) is 0 Å². The molecule has 0 bridgehead atoms. The molecule has 0 saturated heterocycles. The van der Waals surface area contributed by atoms with Crippen molar-refractivity contribution in [3.8, 4) is 0 Å². The Balaban J connectivity index is 1.61. The van der Waals surface area contributed by atoms with E-state index in [4.69, 9.17) is 11.6 Å². The topological polar surface area (TPSA) is 66.9 Å². The normalized spacial score (nSPS) is 15.2. The Morgan fingerprint density at radius 1 is 1.00 bits per heavy atom. The minimum Gasteiger partial charge on any atom is -0.366 e. The van der Waals surface area contributed by atoms with Gasteiger partial charge in [-0.25, -0.2) is 0 Å². The van der Waals surface area contributed by atoms with Gasteiger partial charge < -0.3 is 10.6 Å². The highest BCUT2D eigenvalue weighted by atomic mass is 35.5. The molecule has 0 atom stereocenters.